The van der Waals surface area contributed by atoms with E-state index in [1.54, 1.807) is 6.07 Å². The average molecular weight is 261 g/mol. The zero-order chi connectivity index (χ0) is 13.4. The van der Waals surface area contributed by atoms with E-state index in [1.165, 1.54) is 0 Å². The van der Waals surface area contributed by atoms with Crippen molar-refractivity contribution >= 4 is 16.7 Å². The van der Waals surface area contributed by atoms with Crippen LogP contribution in [0, 0.1) is 0 Å². The number of H-pyrrole nitrogens is 2. The second-order valence-corrected chi connectivity index (χ2v) is 4.78. The van der Waals surface area contributed by atoms with Gasteiger partial charge in [-0.25, -0.2) is 0 Å². The molecule has 100 valence electrons. The second kappa shape index (κ2) is 4.55. The molecule has 0 amide bonds. The van der Waals surface area contributed by atoms with E-state index >= 15 is 0 Å². The molecule has 1 aliphatic rings. The van der Waals surface area contributed by atoms with Crippen LogP contribution in [0.2, 0.25) is 0 Å². The summed E-state index contributed by atoms with van der Waals surface area (Å²) in [7, 11) is 0. The third-order valence-corrected chi connectivity index (χ3v) is 3.45. The Morgan fingerprint density at radius 3 is 2.63 bits per heavy atom. The van der Waals surface area contributed by atoms with Crippen molar-refractivity contribution in [1.82, 2.24) is 9.97 Å². The number of ether oxygens (including phenoxy) is 1. The lowest BCUT2D eigenvalue weighted by Gasteiger charge is -2.17. The minimum Gasteiger partial charge on any atom is -0.380 e. The molecule has 6 nitrogen and oxygen atoms in total. The monoisotopic (exact) mass is 261 g/mol. The molecule has 2 aromatic rings. The maximum atomic E-state index is 11.3. The highest BCUT2D eigenvalue weighted by Crippen LogP contribution is 2.20. The molecule has 0 aliphatic carbocycles. The van der Waals surface area contributed by atoms with Gasteiger partial charge in [-0.3, -0.25) is 9.59 Å². The number of rotatable bonds is 2. The van der Waals surface area contributed by atoms with Crippen LogP contribution in [-0.4, -0.2) is 28.7 Å². The van der Waals surface area contributed by atoms with Crippen molar-refractivity contribution in [2.75, 3.05) is 11.9 Å². The number of benzene rings is 1. The van der Waals surface area contributed by atoms with E-state index in [0.29, 0.717) is 11.0 Å². The predicted octanol–water partition coefficient (Wildman–Crippen LogP) is 0.806. The van der Waals surface area contributed by atoms with Gasteiger partial charge in [0.2, 0.25) is 0 Å². The van der Waals surface area contributed by atoms with Gasteiger partial charge in [0.25, 0.3) is 0 Å². The number of hydrogen-bond donors (Lipinski definition) is 3. The van der Waals surface area contributed by atoms with Crippen LogP contribution in [0.5, 0.6) is 0 Å². The van der Waals surface area contributed by atoms with Gasteiger partial charge < -0.3 is 20.0 Å². The molecule has 0 radical (unpaired) electrons. The van der Waals surface area contributed by atoms with Gasteiger partial charge in [-0.05, 0) is 31.5 Å². The number of aromatic nitrogens is 2. The normalized spacial score (nSPS) is 22.8. The molecule has 0 spiro atoms. The van der Waals surface area contributed by atoms with Crippen LogP contribution in [0.25, 0.3) is 11.0 Å². The molecule has 1 aromatic carbocycles. The zero-order valence-corrected chi connectivity index (χ0v) is 10.5. The average Bonchev–Trinajstić information content (AvgIpc) is 2.77. The Bertz CT molecular complexity index is 719. The minimum atomic E-state index is -0.637. The minimum absolute atomic E-state index is 0.172. The maximum Gasteiger partial charge on any atom is 0.314 e. The van der Waals surface area contributed by atoms with Crippen LogP contribution in [0.15, 0.2) is 27.8 Å². The van der Waals surface area contributed by atoms with Crippen LogP contribution < -0.4 is 16.4 Å². The van der Waals surface area contributed by atoms with Crippen LogP contribution in [0.1, 0.15) is 13.3 Å². The Morgan fingerprint density at radius 2 is 1.95 bits per heavy atom. The van der Waals surface area contributed by atoms with Gasteiger partial charge in [-0.2, -0.15) is 0 Å². The fraction of sp³-hybridized carbons (Fsp3) is 0.385. The van der Waals surface area contributed by atoms with Crippen molar-refractivity contribution in [2.45, 2.75) is 25.5 Å². The standard InChI is InChI=1S/C13H15N3O3/c1-7-9(4-5-19-7)14-8-2-3-10-11(6-8)16-13(18)12(17)15-10/h2-3,6-7,9,14H,4-5H2,1H3,(H,15,17)(H,16,18). The van der Waals surface area contributed by atoms with Gasteiger partial charge in [0.1, 0.15) is 0 Å². The first-order chi connectivity index (χ1) is 9.13. The van der Waals surface area contributed by atoms with Gasteiger partial charge in [-0.15, -0.1) is 0 Å². The van der Waals surface area contributed by atoms with E-state index in [9.17, 15) is 9.59 Å². The van der Waals surface area contributed by atoms with Crippen LogP contribution in [0.3, 0.4) is 0 Å². The third kappa shape index (κ3) is 2.26. The smallest absolute Gasteiger partial charge is 0.314 e. The van der Waals surface area contributed by atoms with Gasteiger partial charge in [0.05, 0.1) is 23.2 Å². The van der Waals surface area contributed by atoms with E-state index in [-0.39, 0.29) is 12.1 Å². The summed E-state index contributed by atoms with van der Waals surface area (Å²) in [4.78, 5) is 27.6. The van der Waals surface area contributed by atoms with Gasteiger partial charge in [-0.1, -0.05) is 0 Å². The molecule has 1 aromatic heterocycles. The summed E-state index contributed by atoms with van der Waals surface area (Å²) in [5.74, 6) is 0. The Balaban J connectivity index is 1.95. The molecule has 6 heteroatoms. The Morgan fingerprint density at radius 1 is 1.21 bits per heavy atom. The molecule has 1 saturated heterocycles. The van der Waals surface area contributed by atoms with Gasteiger partial charge >= 0.3 is 11.1 Å². The summed E-state index contributed by atoms with van der Waals surface area (Å²) in [6.07, 6.45) is 1.13. The highest BCUT2D eigenvalue weighted by atomic mass is 16.5. The maximum absolute atomic E-state index is 11.3. The lowest BCUT2D eigenvalue weighted by molar-refractivity contribution is 0.121. The molecule has 0 saturated carbocycles. The fourth-order valence-corrected chi connectivity index (χ4v) is 2.34. The number of hydrogen-bond acceptors (Lipinski definition) is 4. The van der Waals surface area contributed by atoms with E-state index in [0.717, 1.165) is 18.7 Å². The lowest BCUT2D eigenvalue weighted by atomic mass is 10.1. The summed E-state index contributed by atoms with van der Waals surface area (Å²) in [6, 6.07) is 5.74. The predicted molar refractivity (Wildman–Crippen MR) is 72.6 cm³/mol. The largest absolute Gasteiger partial charge is 0.380 e. The molecule has 3 rings (SSSR count). The SMILES string of the molecule is CC1OCCC1Nc1ccc2[nH]c(=O)c(=O)[nH]c2c1. The molecule has 3 N–H and O–H groups in total. The quantitative estimate of drug-likeness (QED) is 0.698. The summed E-state index contributed by atoms with van der Waals surface area (Å²) in [6.45, 7) is 2.79. The molecule has 2 heterocycles. The third-order valence-electron chi connectivity index (χ3n) is 3.45. The number of anilines is 1. The van der Waals surface area contributed by atoms with Crippen molar-refractivity contribution < 1.29 is 4.74 Å². The molecule has 0 bridgehead atoms. The van der Waals surface area contributed by atoms with Crippen molar-refractivity contribution in [2.24, 2.45) is 0 Å². The molecule has 1 aliphatic heterocycles. The van der Waals surface area contributed by atoms with Gasteiger partial charge in [0.15, 0.2) is 0 Å². The Labute approximate surface area is 108 Å². The van der Waals surface area contributed by atoms with E-state index in [4.69, 9.17) is 4.74 Å². The molecule has 1 fully saturated rings. The van der Waals surface area contributed by atoms with Crippen molar-refractivity contribution in [3.63, 3.8) is 0 Å². The van der Waals surface area contributed by atoms with E-state index in [2.05, 4.69) is 15.3 Å². The zero-order valence-electron chi connectivity index (χ0n) is 10.5. The Hall–Kier alpha value is -2.08. The molecular weight excluding hydrogens is 246 g/mol. The second-order valence-electron chi connectivity index (χ2n) is 4.78. The van der Waals surface area contributed by atoms with Gasteiger partial charge in [0, 0.05) is 12.3 Å². The molecule has 19 heavy (non-hydrogen) atoms. The Kier molecular flexibility index (Phi) is 2.87. The number of fused-ring (bicyclic) bond motifs is 1. The molecule has 2 atom stereocenters. The van der Waals surface area contributed by atoms with Crippen LogP contribution in [0.4, 0.5) is 5.69 Å². The topological polar surface area (TPSA) is 87.0 Å². The first kappa shape index (κ1) is 12.0. The van der Waals surface area contributed by atoms with E-state index in [1.807, 2.05) is 19.1 Å². The number of nitrogens with one attached hydrogen (secondary N) is 3. The summed E-state index contributed by atoms with van der Waals surface area (Å²) in [5, 5.41) is 3.38. The summed E-state index contributed by atoms with van der Waals surface area (Å²) in [5.41, 5.74) is 0.859. The fourth-order valence-electron chi connectivity index (χ4n) is 2.34. The van der Waals surface area contributed by atoms with Crippen molar-refractivity contribution in [3.05, 3.63) is 38.9 Å². The van der Waals surface area contributed by atoms with Crippen molar-refractivity contribution in [1.29, 1.82) is 0 Å². The first-order valence-electron chi connectivity index (χ1n) is 6.28. The first-order valence-corrected chi connectivity index (χ1v) is 6.28. The van der Waals surface area contributed by atoms with Crippen LogP contribution >= 0.6 is 0 Å². The highest BCUT2D eigenvalue weighted by molar-refractivity contribution is 5.78. The van der Waals surface area contributed by atoms with Crippen molar-refractivity contribution in [3.8, 4) is 0 Å². The number of aromatic amines is 2. The summed E-state index contributed by atoms with van der Waals surface area (Å²) >= 11 is 0. The summed E-state index contributed by atoms with van der Waals surface area (Å²) < 4.78 is 5.49. The lowest BCUT2D eigenvalue weighted by Crippen LogP contribution is -2.29. The molecule has 2 unspecified atom stereocenters. The van der Waals surface area contributed by atoms with Crippen LogP contribution in [-0.2, 0) is 4.74 Å². The molecular formula is C13H15N3O3. The van der Waals surface area contributed by atoms with E-state index < -0.39 is 11.1 Å². The highest BCUT2D eigenvalue weighted by Gasteiger charge is 2.23.